The molecule has 1 heterocycles. The standard InChI is InChI=1S/C14H18BrFN2O2/c1-18-4-5-20-11(9-18)8-17-14(19)7-10-2-3-13(16)12(15)6-10/h2-3,6,11H,4-5,7-9H2,1H3,(H,17,19)/t11-/m1/s1. The summed E-state index contributed by atoms with van der Waals surface area (Å²) in [4.78, 5) is 14.0. The van der Waals surface area contributed by atoms with Crippen LogP contribution in [0.2, 0.25) is 0 Å². The first-order chi connectivity index (χ1) is 9.54. The van der Waals surface area contributed by atoms with Crippen molar-refractivity contribution in [2.24, 2.45) is 0 Å². The molecule has 1 aromatic carbocycles. The smallest absolute Gasteiger partial charge is 0.224 e. The molecule has 0 radical (unpaired) electrons. The number of hydrogen-bond acceptors (Lipinski definition) is 3. The van der Waals surface area contributed by atoms with Gasteiger partial charge >= 0.3 is 0 Å². The second kappa shape index (κ2) is 7.15. The number of nitrogens with zero attached hydrogens (tertiary/aromatic N) is 1. The van der Waals surface area contributed by atoms with Crippen LogP contribution in [0.3, 0.4) is 0 Å². The Labute approximate surface area is 126 Å². The maximum absolute atomic E-state index is 13.1. The van der Waals surface area contributed by atoms with Crippen LogP contribution in [0, 0.1) is 5.82 Å². The zero-order chi connectivity index (χ0) is 14.5. The summed E-state index contributed by atoms with van der Waals surface area (Å²) in [5, 5.41) is 2.86. The lowest BCUT2D eigenvalue weighted by Gasteiger charge is -2.30. The van der Waals surface area contributed by atoms with Crippen LogP contribution in [-0.4, -0.2) is 50.2 Å². The summed E-state index contributed by atoms with van der Waals surface area (Å²) in [6.07, 6.45) is 0.277. The second-order valence-electron chi connectivity index (χ2n) is 4.98. The molecule has 0 unspecified atom stereocenters. The van der Waals surface area contributed by atoms with Gasteiger partial charge in [-0.2, -0.15) is 0 Å². The number of nitrogens with one attached hydrogen (secondary N) is 1. The Kier molecular flexibility index (Phi) is 5.51. The van der Waals surface area contributed by atoms with Gasteiger partial charge in [-0.05, 0) is 40.7 Å². The van der Waals surface area contributed by atoms with Crippen LogP contribution in [0.5, 0.6) is 0 Å². The number of carbonyl (C=O) groups is 1. The van der Waals surface area contributed by atoms with E-state index in [0.717, 1.165) is 18.7 Å². The first-order valence-corrected chi connectivity index (χ1v) is 7.34. The molecule has 1 atom stereocenters. The fourth-order valence-electron chi connectivity index (χ4n) is 2.12. The maximum atomic E-state index is 13.1. The van der Waals surface area contributed by atoms with Crippen molar-refractivity contribution in [2.45, 2.75) is 12.5 Å². The second-order valence-corrected chi connectivity index (χ2v) is 5.84. The monoisotopic (exact) mass is 344 g/mol. The van der Waals surface area contributed by atoms with Crippen molar-refractivity contribution in [2.75, 3.05) is 33.3 Å². The minimum absolute atomic E-state index is 0.0395. The third-order valence-corrected chi connectivity index (χ3v) is 3.83. The van der Waals surface area contributed by atoms with Crippen molar-refractivity contribution in [3.05, 3.63) is 34.1 Å². The number of hydrogen-bond donors (Lipinski definition) is 1. The molecule has 0 saturated carbocycles. The quantitative estimate of drug-likeness (QED) is 0.901. The summed E-state index contributed by atoms with van der Waals surface area (Å²) in [6.45, 7) is 2.95. The summed E-state index contributed by atoms with van der Waals surface area (Å²) in [5.74, 6) is -0.409. The predicted octanol–water partition coefficient (Wildman–Crippen LogP) is 1.58. The highest BCUT2D eigenvalue weighted by molar-refractivity contribution is 9.10. The van der Waals surface area contributed by atoms with E-state index in [1.54, 1.807) is 12.1 Å². The highest BCUT2D eigenvalue weighted by atomic mass is 79.9. The SMILES string of the molecule is CN1CCO[C@H](CNC(=O)Cc2ccc(F)c(Br)c2)C1. The molecule has 1 aliphatic heterocycles. The number of carbonyl (C=O) groups excluding carboxylic acids is 1. The Balaban J connectivity index is 1.78. The van der Waals surface area contributed by atoms with E-state index in [9.17, 15) is 9.18 Å². The normalized spacial score (nSPS) is 19.9. The highest BCUT2D eigenvalue weighted by Gasteiger charge is 2.18. The van der Waals surface area contributed by atoms with Gasteiger partial charge < -0.3 is 15.0 Å². The Bertz CT molecular complexity index is 484. The van der Waals surface area contributed by atoms with Crippen molar-refractivity contribution in [1.82, 2.24) is 10.2 Å². The minimum atomic E-state index is -0.326. The van der Waals surface area contributed by atoms with E-state index in [2.05, 4.69) is 26.1 Å². The molecule has 0 aliphatic carbocycles. The van der Waals surface area contributed by atoms with Gasteiger partial charge in [-0.1, -0.05) is 6.07 Å². The van der Waals surface area contributed by atoms with Gasteiger partial charge in [-0.25, -0.2) is 4.39 Å². The lowest BCUT2D eigenvalue weighted by atomic mass is 10.1. The summed E-state index contributed by atoms with van der Waals surface area (Å²) in [6, 6.07) is 4.59. The molecular formula is C14H18BrFN2O2. The zero-order valence-corrected chi connectivity index (χ0v) is 13.0. The van der Waals surface area contributed by atoms with Crippen LogP contribution >= 0.6 is 15.9 Å². The fraction of sp³-hybridized carbons (Fsp3) is 0.500. The van der Waals surface area contributed by atoms with Crippen LogP contribution in [0.1, 0.15) is 5.56 Å². The molecular weight excluding hydrogens is 327 g/mol. The van der Waals surface area contributed by atoms with Crippen molar-refractivity contribution in [1.29, 1.82) is 0 Å². The fourth-order valence-corrected chi connectivity index (χ4v) is 2.54. The highest BCUT2D eigenvalue weighted by Crippen LogP contribution is 2.17. The molecule has 2 rings (SSSR count). The summed E-state index contributed by atoms with van der Waals surface area (Å²) >= 11 is 3.11. The lowest BCUT2D eigenvalue weighted by molar-refractivity contribution is -0.121. The summed E-state index contributed by atoms with van der Waals surface area (Å²) in [7, 11) is 2.04. The van der Waals surface area contributed by atoms with Crippen LogP contribution in [0.15, 0.2) is 22.7 Å². The van der Waals surface area contributed by atoms with Gasteiger partial charge in [0.2, 0.25) is 5.91 Å². The van der Waals surface area contributed by atoms with Gasteiger partial charge in [0.25, 0.3) is 0 Å². The zero-order valence-electron chi connectivity index (χ0n) is 11.4. The molecule has 6 heteroatoms. The van der Waals surface area contributed by atoms with Gasteiger partial charge in [-0.3, -0.25) is 4.79 Å². The average molecular weight is 345 g/mol. The first-order valence-electron chi connectivity index (χ1n) is 6.55. The molecule has 1 saturated heterocycles. The number of amides is 1. The molecule has 0 bridgehead atoms. The number of morpholine rings is 1. The molecule has 20 heavy (non-hydrogen) atoms. The lowest BCUT2D eigenvalue weighted by Crippen LogP contribution is -2.46. The topological polar surface area (TPSA) is 41.6 Å². The number of rotatable bonds is 4. The molecule has 0 spiro atoms. The Hall–Kier alpha value is -0.980. The molecule has 1 aliphatic rings. The molecule has 1 aromatic rings. The van der Waals surface area contributed by atoms with Gasteiger partial charge in [0.1, 0.15) is 5.82 Å². The number of benzene rings is 1. The average Bonchev–Trinajstić information content (AvgIpc) is 2.41. The number of halogens is 2. The van der Waals surface area contributed by atoms with Crippen molar-refractivity contribution in [3.63, 3.8) is 0 Å². The third kappa shape index (κ3) is 4.54. The van der Waals surface area contributed by atoms with E-state index in [-0.39, 0.29) is 24.2 Å². The van der Waals surface area contributed by atoms with Crippen LogP contribution in [-0.2, 0) is 16.0 Å². The van der Waals surface area contributed by atoms with Gasteiger partial charge in [-0.15, -0.1) is 0 Å². The Morgan fingerprint density at radius 1 is 1.60 bits per heavy atom. The summed E-state index contributed by atoms with van der Waals surface area (Å²) in [5.41, 5.74) is 0.775. The molecule has 110 valence electrons. The van der Waals surface area contributed by atoms with Crippen LogP contribution in [0.4, 0.5) is 4.39 Å². The predicted molar refractivity (Wildman–Crippen MR) is 78.1 cm³/mol. The first kappa shape index (κ1) is 15.4. The largest absolute Gasteiger partial charge is 0.374 e. The van der Waals surface area contributed by atoms with E-state index >= 15 is 0 Å². The molecule has 1 fully saturated rings. The summed E-state index contributed by atoms with van der Waals surface area (Å²) < 4.78 is 19.0. The Morgan fingerprint density at radius 3 is 3.10 bits per heavy atom. The Morgan fingerprint density at radius 2 is 2.40 bits per heavy atom. The van der Waals surface area contributed by atoms with Crippen LogP contribution < -0.4 is 5.32 Å². The molecule has 4 nitrogen and oxygen atoms in total. The molecule has 1 amide bonds. The van der Waals surface area contributed by atoms with Crippen LogP contribution in [0.25, 0.3) is 0 Å². The van der Waals surface area contributed by atoms with E-state index in [1.165, 1.54) is 6.07 Å². The van der Waals surface area contributed by atoms with Crippen molar-refractivity contribution < 1.29 is 13.9 Å². The third-order valence-electron chi connectivity index (χ3n) is 3.22. The van der Waals surface area contributed by atoms with E-state index in [1.807, 2.05) is 7.05 Å². The molecule has 0 aromatic heterocycles. The number of likely N-dealkylation sites (N-methyl/N-ethyl adjacent to an activating group) is 1. The van der Waals surface area contributed by atoms with E-state index in [0.29, 0.717) is 17.6 Å². The molecule has 1 N–H and O–H groups in total. The van der Waals surface area contributed by atoms with E-state index < -0.39 is 0 Å². The van der Waals surface area contributed by atoms with E-state index in [4.69, 9.17) is 4.74 Å². The van der Waals surface area contributed by atoms with Gasteiger partial charge in [0.05, 0.1) is 23.6 Å². The maximum Gasteiger partial charge on any atom is 0.224 e. The minimum Gasteiger partial charge on any atom is -0.374 e. The number of ether oxygens (including phenoxy) is 1. The van der Waals surface area contributed by atoms with Gasteiger partial charge in [0, 0.05) is 19.6 Å². The van der Waals surface area contributed by atoms with Gasteiger partial charge in [0.15, 0.2) is 0 Å². The van der Waals surface area contributed by atoms with Crippen molar-refractivity contribution in [3.8, 4) is 0 Å². The van der Waals surface area contributed by atoms with Crippen molar-refractivity contribution >= 4 is 21.8 Å².